The second-order valence-corrected chi connectivity index (χ2v) is 5.26. The first kappa shape index (κ1) is 13.1. The molecule has 0 aliphatic heterocycles. The fourth-order valence-electron chi connectivity index (χ4n) is 1.75. The Kier molecular flexibility index (Phi) is 4.33. The molecule has 1 unspecified atom stereocenters. The summed E-state index contributed by atoms with van der Waals surface area (Å²) in [5, 5.41) is 6.35. The number of aromatic nitrogens is 1. The van der Waals surface area contributed by atoms with E-state index in [-0.39, 0.29) is 6.04 Å². The molecule has 2 aromatic rings. The van der Waals surface area contributed by atoms with Crippen molar-refractivity contribution < 1.29 is 4.74 Å². The smallest absolute Gasteiger partial charge is 0.131 e. The molecule has 0 spiro atoms. The SMILES string of the molecule is CNC(C)c1ccccc1OCc1csc(C)n1. The zero-order chi connectivity index (χ0) is 13.0. The summed E-state index contributed by atoms with van der Waals surface area (Å²) in [7, 11) is 1.95. The highest BCUT2D eigenvalue weighted by molar-refractivity contribution is 7.09. The average Bonchev–Trinajstić information content (AvgIpc) is 2.81. The molecule has 0 saturated heterocycles. The van der Waals surface area contributed by atoms with E-state index in [1.165, 1.54) is 5.56 Å². The standard InChI is InChI=1S/C14H18N2OS/c1-10(15-3)13-6-4-5-7-14(13)17-8-12-9-18-11(2)16-12/h4-7,9-10,15H,8H2,1-3H3. The second kappa shape index (κ2) is 5.98. The van der Waals surface area contributed by atoms with Crippen molar-refractivity contribution in [1.82, 2.24) is 10.3 Å². The van der Waals surface area contributed by atoms with Crippen molar-refractivity contribution in [3.63, 3.8) is 0 Å². The van der Waals surface area contributed by atoms with Crippen LogP contribution in [0.2, 0.25) is 0 Å². The Bertz CT molecular complexity index is 510. The number of para-hydroxylation sites is 1. The van der Waals surface area contributed by atoms with Crippen LogP contribution in [0, 0.1) is 6.92 Å². The highest BCUT2D eigenvalue weighted by Crippen LogP contribution is 2.25. The van der Waals surface area contributed by atoms with Crippen LogP contribution in [-0.2, 0) is 6.61 Å². The van der Waals surface area contributed by atoms with Crippen molar-refractivity contribution in [2.24, 2.45) is 0 Å². The fraction of sp³-hybridized carbons (Fsp3) is 0.357. The number of hydrogen-bond donors (Lipinski definition) is 1. The van der Waals surface area contributed by atoms with E-state index in [1.807, 2.05) is 37.6 Å². The molecular formula is C14H18N2OS. The molecule has 1 heterocycles. The largest absolute Gasteiger partial charge is 0.487 e. The lowest BCUT2D eigenvalue weighted by atomic mass is 10.1. The van der Waals surface area contributed by atoms with E-state index >= 15 is 0 Å². The molecule has 1 aromatic carbocycles. The van der Waals surface area contributed by atoms with Gasteiger partial charge in [0.1, 0.15) is 12.4 Å². The third kappa shape index (κ3) is 3.09. The quantitative estimate of drug-likeness (QED) is 0.897. The van der Waals surface area contributed by atoms with Crippen molar-refractivity contribution in [2.75, 3.05) is 7.05 Å². The number of benzene rings is 1. The summed E-state index contributed by atoms with van der Waals surface area (Å²) in [5.74, 6) is 0.921. The molecule has 18 heavy (non-hydrogen) atoms. The predicted octanol–water partition coefficient (Wildman–Crippen LogP) is 3.31. The Morgan fingerprint density at radius 1 is 1.39 bits per heavy atom. The summed E-state index contributed by atoms with van der Waals surface area (Å²) in [6.07, 6.45) is 0. The molecule has 0 aliphatic carbocycles. The average molecular weight is 262 g/mol. The van der Waals surface area contributed by atoms with Gasteiger partial charge in [-0.1, -0.05) is 18.2 Å². The summed E-state index contributed by atoms with van der Waals surface area (Å²) in [4.78, 5) is 4.40. The molecule has 0 bridgehead atoms. The van der Waals surface area contributed by atoms with Crippen LogP contribution in [0.15, 0.2) is 29.6 Å². The Labute approximate surface area is 112 Å². The molecule has 0 radical (unpaired) electrons. The minimum absolute atomic E-state index is 0.276. The van der Waals surface area contributed by atoms with Crippen LogP contribution in [0.25, 0.3) is 0 Å². The van der Waals surface area contributed by atoms with Crippen LogP contribution >= 0.6 is 11.3 Å². The number of hydrogen-bond acceptors (Lipinski definition) is 4. The Morgan fingerprint density at radius 2 is 2.17 bits per heavy atom. The highest BCUT2D eigenvalue weighted by atomic mass is 32.1. The maximum absolute atomic E-state index is 5.86. The van der Waals surface area contributed by atoms with E-state index in [0.29, 0.717) is 6.61 Å². The number of ether oxygens (including phenoxy) is 1. The van der Waals surface area contributed by atoms with Crippen LogP contribution in [0.1, 0.15) is 29.2 Å². The van der Waals surface area contributed by atoms with Gasteiger partial charge in [0, 0.05) is 17.0 Å². The molecule has 3 nitrogen and oxygen atoms in total. The highest BCUT2D eigenvalue weighted by Gasteiger charge is 2.09. The first-order valence-electron chi connectivity index (χ1n) is 6.00. The number of thiazole rings is 1. The molecule has 0 aliphatic rings. The van der Waals surface area contributed by atoms with Crippen LogP contribution in [-0.4, -0.2) is 12.0 Å². The van der Waals surface area contributed by atoms with Gasteiger partial charge >= 0.3 is 0 Å². The van der Waals surface area contributed by atoms with E-state index in [2.05, 4.69) is 23.3 Å². The van der Waals surface area contributed by atoms with Gasteiger partial charge in [-0.25, -0.2) is 4.98 Å². The lowest BCUT2D eigenvalue weighted by Crippen LogP contribution is -2.13. The van der Waals surface area contributed by atoms with Crippen molar-refractivity contribution in [1.29, 1.82) is 0 Å². The third-order valence-corrected chi connectivity index (χ3v) is 3.68. The van der Waals surface area contributed by atoms with Crippen LogP contribution in [0.4, 0.5) is 0 Å². The summed E-state index contributed by atoms with van der Waals surface area (Å²) in [5.41, 5.74) is 2.16. The molecule has 0 fully saturated rings. The maximum atomic E-state index is 5.86. The molecule has 0 amide bonds. The van der Waals surface area contributed by atoms with Crippen molar-refractivity contribution in [3.8, 4) is 5.75 Å². The van der Waals surface area contributed by atoms with Crippen molar-refractivity contribution in [2.45, 2.75) is 26.5 Å². The lowest BCUT2D eigenvalue weighted by Gasteiger charge is -2.15. The Balaban J connectivity index is 2.09. The molecule has 0 saturated carbocycles. The molecule has 1 N–H and O–H groups in total. The minimum atomic E-state index is 0.276. The maximum Gasteiger partial charge on any atom is 0.131 e. The van der Waals surface area contributed by atoms with Gasteiger partial charge in [-0.05, 0) is 27.0 Å². The van der Waals surface area contributed by atoms with Crippen LogP contribution in [0.3, 0.4) is 0 Å². The van der Waals surface area contributed by atoms with E-state index < -0.39 is 0 Å². The van der Waals surface area contributed by atoms with E-state index in [1.54, 1.807) is 11.3 Å². The topological polar surface area (TPSA) is 34.1 Å². The zero-order valence-electron chi connectivity index (χ0n) is 10.9. The molecule has 1 atom stereocenters. The summed E-state index contributed by atoms with van der Waals surface area (Å²) in [6, 6.07) is 8.39. The Morgan fingerprint density at radius 3 is 2.83 bits per heavy atom. The summed E-state index contributed by atoms with van der Waals surface area (Å²) < 4.78 is 5.86. The third-order valence-electron chi connectivity index (χ3n) is 2.86. The predicted molar refractivity (Wildman–Crippen MR) is 75.1 cm³/mol. The molecule has 96 valence electrons. The molecular weight excluding hydrogens is 244 g/mol. The molecule has 1 aromatic heterocycles. The Hall–Kier alpha value is -1.39. The van der Waals surface area contributed by atoms with Gasteiger partial charge in [-0.15, -0.1) is 11.3 Å². The summed E-state index contributed by atoms with van der Waals surface area (Å²) >= 11 is 1.65. The van der Waals surface area contributed by atoms with Gasteiger partial charge in [-0.3, -0.25) is 0 Å². The van der Waals surface area contributed by atoms with Gasteiger partial charge in [-0.2, -0.15) is 0 Å². The van der Waals surface area contributed by atoms with E-state index in [9.17, 15) is 0 Å². The zero-order valence-corrected chi connectivity index (χ0v) is 11.8. The first-order valence-corrected chi connectivity index (χ1v) is 6.88. The first-order chi connectivity index (χ1) is 8.70. The number of nitrogens with zero attached hydrogens (tertiary/aromatic N) is 1. The van der Waals surface area contributed by atoms with E-state index in [4.69, 9.17) is 4.74 Å². The monoisotopic (exact) mass is 262 g/mol. The summed E-state index contributed by atoms with van der Waals surface area (Å²) in [6.45, 7) is 4.65. The van der Waals surface area contributed by atoms with Crippen molar-refractivity contribution in [3.05, 3.63) is 45.9 Å². The normalized spacial score (nSPS) is 12.4. The van der Waals surface area contributed by atoms with Gasteiger partial charge < -0.3 is 10.1 Å². The van der Waals surface area contributed by atoms with Gasteiger partial charge in [0.05, 0.1) is 10.7 Å². The van der Waals surface area contributed by atoms with Crippen LogP contribution < -0.4 is 10.1 Å². The van der Waals surface area contributed by atoms with E-state index in [0.717, 1.165) is 16.5 Å². The van der Waals surface area contributed by atoms with Gasteiger partial charge in [0.2, 0.25) is 0 Å². The second-order valence-electron chi connectivity index (χ2n) is 4.19. The van der Waals surface area contributed by atoms with Crippen molar-refractivity contribution >= 4 is 11.3 Å². The number of nitrogens with one attached hydrogen (secondary N) is 1. The molecule has 4 heteroatoms. The lowest BCUT2D eigenvalue weighted by molar-refractivity contribution is 0.296. The molecule has 2 rings (SSSR count). The minimum Gasteiger partial charge on any atom is -0.487 e. The van der Waals surface area contributed by atoms with Crippen LogP contribution in [0.5, 0.6) is 5.75 Å². The number of aryl methyl sites for hydroxylation is 1. The fourth-order valence-corrected chi connectivity index (χ4v) is 2.35. The van der Waals surface area contributed by atoms with Gasteiger partial charge in [0.25, 0.3) is 0 Å². The van der Waals surface area contributed by atoms with Gasteiger partial charge in [0.15, 0.2) is 0 Å². The number of rotatable bonds is 5.